The molecule has 0 aliphatic heterocycles. The van der Waals surface area contributed by atoms with E-state index < -0.39 is 0 Å². The second kappa shape index (κ2) is 5.57. The van der Waals surface area contributed by atoms with E-state index >= 15 is 0 Å². The number of rotatable bonds is 3. The number of nitrogens with zero attached hydrogens (tertiary/aromatic N) is 1. The molecular weight excluding hydrogens is 270 g/mol. The van der Waals surface area contributed by atoms with E-state index in [1.54, 1.807) is 11.3 Å². The van der Waals surface area contributed by atoms with Crippen LogP contribution >= 0.6 is 11.3 Å². The number of carbonyl (C=O) groups excluding carboxylic acids is 1. The van der Waals surface area contributed by atoms with E-state index in [9.17, 15) is 4.79 Å². The van der Waals surface area contributed by atoms with Crippen LogP contribution in [0.2, 0.25) is 0 Å². The van der Waals surface area contributed by atoms with Crippen LogP contribution in [0.4, 0.5) is 0 Å². The van der Waals surface area contributed by atoms with E-state index in [1.165, 1.54) is 12.8 Å². The topological polar surface area (TPSA) is 39.2 Å². The fraction of sp³-hybridized carbons (Fsp3) is 0.750. The molecule has 1 heterocycles. The maximum absolute atomic E-state index is 12.0. The molecule has 3 nitrogen and oxygen atoms in total. The second-order valence-corrected chi connectivity index (χ2v) is 7.18. The lowest BCUT2D eigenvalue weighted by Crippen LogP contribution is -2.34. The van der Waals surface area contributed by atoms with Gasteiger partial charge < -0.3 is 4.74 Å². The first kappa shape index (κ1) is 14.2. The Balaban J connectivity index is 1.94. The average molecular weight is 293 g/mol. The lowest BCUT2D eigenvalue weighted by molar-refractivity contribution is -0.0777. The molecule has 1 saturated carbocycles. The molecule has 0 radical (unpaired) electrons. The van der Waals surface area contributed by atoms with Gasteiger partial charge in [0.1, 0.15) is 10.6 Å². The van der Waals surface area contributed by atoms with Gasteiger partial charge in [-0.3, -0.25) is 4.79 Å². The third kappa shape index (κ3) is 2.44. The van der Waals surface area contributed by atoms with E-state index in [0.717, 1.165) is 47.2 Å². The van der Waals surface area contributed by atoms with Crippen molar-refractivity contribution in [3.8, 4) is 0 Å². The molecule has 1 fully saturated rings. The first-order valence-electron chi connectivity index (χ1n) is 7.82. The first-order valence-corrected chi connectivity index (χ1v) is 8.63. The van der Waals surface area contributed by atoms with Gasteiger partial charge in [0.25, 0.3) is 0 Å². The van der Waals surface area contributed by atoms with Gasteiger partial charge in [0, 0.05) is 13.0 Å². The summed E-state index contributed by atoms with van der Waals surface area (Å²) < 4.78 is 6.15. The highest BCUT2D eigenvalue weighted by Gasteiger charge is 2.40. The minimum atomic E-state index is -0.219. The molecule has 0 aromatic carbocycles. The van der Waals surface area contributed by atoms with Crippen molar-refractivity contribution >= 4 is 17.1 Å². The Morgan fingerprint density at radius 2 is 2.10 bits per heavy atom. The van der Waals surface area contributed by atoms with Crippen molar-refractivity contribution < 1.29 is 9.53 Å². The van der Waals surface area contributed by atoms with Crippen LogP contribution in [0.1, 0.15) is 72.7 Å². The zero-order chi connectivity index (χ0) is 14.2. The maximum atomic E-state index is 12.0. The fourth-order valence-electron chi connectivity index (χ4n) is 3.39. The Hall–Kier alpha value is -0.740. The van der Waals surface area contributed by atoms with Gasteiger partial charge in [0.15, 0.2) is 5.78 Å². The summed E-state index contributed by atoms with van der Waals surface area (Å²) in [6.45, 7) is 5.08. The van der Waals surface area contributed by atoms with Crippen molar-refractivity contribution in [1.82, 2.24) is 4.98 Å². The van der Waals surface area contributed by atoms with Gasteiger partial charge in [-0.05, 0) is 51.4 Å². The number of Topliss-reactive ketones (excluding diaryl/α,β-unsaturated/α-hetero) is 1. The standard InChI is InChI=1S/C16H23NO2S/c1-3-19-16(9-7-11(2)8-10-16)15-17-12-5-4-6-13(18)14(12)20-15/h11H,3-10H2,1-2H3. The monoisotopic (exact) mass is 293 g/mol. The van der Waals surface area contributed by atoms with Gasteiger partial charge in [-0.25, -0.2) is 4.98 Å². The molecule has 1 aromatic rings. The van der Waals surface area contributed by atoms with Crippen LogP contribution in [-0.2, 0) is 16.8 Å². The van der Waals surface area contributed by atoms with Crippen molar-refractivity contribution in [3.05, 3.63) is 15.6 Å². The Bertz CT molecular complexity index is 501. The van der Waals surface area contributed by atoms with Crippen molar-refractivity contribution in [1.29, 1.82) is 0 Å². The molecule has 2 aliphatic rings. The minimum absolute atomic E-state index is 0.219. The summed E-state index contributed by atoms with van der Waals surface area (Å²) >= 11 is 1.60. The van der Waals surface area contributed by atoms with E-state index in [-0.39, 0.29) is 11.4 Å². The van der Waals surface area contributed by atoms with Crippen molar-refractivity contribution in [2.75, 3.05) is 6.61 Å². The van der Waals surface area contributed by atoms with Crippen LogP contribution in [0.5, 0.6) is 0 Å². The fourth-order valence-corrected chi connectivity index (χ4v) is 4.67. The molecule has 0 bridgehead atoms. The van der Waals surface area contributed by atoms with Crippen LogP contribution in [-0.4, -0.2) is 17.4 Å². The highest BCUT2D eigenvalue weighted by atomic mass is 32.1. The minimum Gasteiger partial charge on any atom is -0.368 e. The zero-order valence-corrected chi connectivity index (χ0v) is 13.2. The van der Waals surface area contributed by atoms with Gasteiger partial charge in [0.2, 0.25) is 0 Å². The number of hydrogen-bond acceptors (Lipinski definition) is 4. The number of carbonyl (C=O) groups is 1. The van der Waals surface area contributed by atoms with Crippen LogP contribution < -0.4 is 0 Å². The molecule has 0 spiro atoms. The normalized spacial score (nSPS) is 30.3. The summed E-state index contributed by atoms with van der Waals surface area (Å²) in [4.78, 5) is 17.7. The lowest BCUT2D eigenvalue weighted by Gasteiger charge is -2.37. The largest absolute Gasteiger partial charge is 0.368 e. The number of hydrogen-bond donors (Lipinski definition) is 0. The molecule has 0 saturated heterocycles. The molecule has 0 amide bonds. The third-order valence-electron chi connectivity index (χ3n) is 4.66. The van der Waals surface area contributed by atoms with Crippen LogP contribution in [0.15, 0.2) is 0 Å². The zero-order valence-electron chi connectivity index (χ0n) is 12.4. The number of ether oxygens (including phenoxy) is 1. The van der Waals surface area contributed by atoms with Gasteiger partial charge in [-0.15, -0.1) is 11.3 Å². The van der Waals surface area contributed by atoms with Crippen molar-refractivity contribution in [3.63, 3.8) is 0 Å². The molecular formula is C16H23NO2S. The summed E-state index contributed by atoms with van der Waals surface area (Å²) in [5.41, 5.74) is 0.808. The second-order valence-electron chi connectivity index (χ2n) is 6.18. The molecule has 2 aliphatic carbocycles. The van der Waals surface area contributed by atoms with E-state index in [1.807, 2.05) is 0 Å². The number of aromatic nitrogens is 1. The molecule has 0 unspecified atom stereocenters. The number of aryl methyl sites for hydroxylation is 1. The molecule has 0 atom stereocenters. The highest BCUT2D eigenvalue weighted by Crippen LogP contribution is 2.45. The average Bonchev–Trinajstić information content (AvgIpc) is 2.88. The maximum Gasteiger partial charge on any atom is 0.174 e. The summed E-state index contributed by atoms with van der Waals surface area (Å²) in [5, 5.41) is 1.06. The number of thiazole rings is 1. The summed E-state index contributed by atoms with van der Waals surface area (Å²) in [5.74, 6) is 1.06. The predicted octanol–water partition coefficient (Wildman–Crippen LogP) is 4.10. The Kier molecular flexibility index (Phi) is 3.95. The quantitative estimate of drug-likeness (QED) is 0.842. The first-order chi connectivity index (χ1) is 9.64. The summed E-state index contributed by atoms with van der Waals surface area (Å²) in [6.07, 6.45) is 7.07. The van der Waals surface area contributed by atoms with Crippen LogP contribution in [0.3, 0.4) is 0 Å². The van der Waals surface area contributed by atoms with Gasteiger partial charge in [-0.1, -0.05) is 6.92 Å². The van der Waals surface area contributed by atoms with Crippen LogP contribution in [0, 0.1) is 5.92 Å². The van der Waals surface area contributed by atoms with E-state index in [4.69, 9.17) is 9.72 Å². The molecule has 0 N–H and O–H groups in total. The van der Waals surface area contributed by atoms with Gasteiger partial charge in [-0.2, -0.15) is 0 Å². The number of ketones is 1. The summed E-state index contributed by atoms with van der Waals surface area (Å²) in [6, 6.07) is 0. The Labute approximate surface area is 124 Å². The lowest BCUT2D eigenvalue weighted by atomic mass is 9.79. The molecule has 4 heteroatoms. The molecule has 1 aromatic heterocycles. The molecule has 110 valence electrons. The van der Waals surface area contributed by atoms with Crippen molar-refractivity contribution in [2.24, 2.45) is 5.92 Å². The van der Waals surface area contributed by atoms with E-state index in [0.29, 0.717) is 13.0 Å². The third-order valence-corrected chi connectivity index (χ3v) is 5.98. The highest BCUT2D eigenvalue weighted by molar-refractivity contribution is 7.14. The van der Waals surface area contributed by atoms with Crippen molar-refractivity contribution in [2.45, 2.75) is 64.4 Å². The molecule has 20 heavy (non-hydrogen) atoms. The Morgan fingerprint density at radius 3 is 2.75 bits per heavy atom. The predicted molar refractivity (Wildman–Crippen MR) is 80.3 cm³/mol. The summed E-state index contributed by atoms with van der Waals surface area (Å²) in [7, 11) is 0. The smallest absolute Gasteiger partial charge is 0.174 e. The van der Waals surface area contributed by atoms with Gasteiger partial charge >= 0.3 is 0 Å². The number of fused-ring (bicyclic) bond motifs is 1. The van der Waals surface area contributed by atoms with Crippen LogP contribution in [0.25, 0.3) is 0 Å². The molecule has 3 rings (SSSR count). The van der Waals surface area contributed by atoms with E-state index in [2.05, 4.69) is 13.8 Å². The Morgan fingerprint density at radius 1 is 1.35 bits per heavy atom. The SMILES string of the molecule is CCOC1(c2nc3c(s2)C(=O)CCC3)CCC(C)CC1. The van der Waals surface area contributed by atoms with Gasteiger partial charge in [0.05, 0.1) is 10.6 Å².